The zero-order valence-corrected chi connectivity index (χ0v) is 9.45. The van der Waals surface area contributed by atoms with Crippen molar-refractivity contribution in [3.05, 3.63) is 0 Å². The first-order valence-corrected chi connectivity index (χ1v) is 5.37. The van der Waals surface area contributed by atoms with Gasteiger partial charge in [0.25, 0.3) is 0 Å². The van der Waals surface area contributed by atoms with Crippen molar-refractivity contribution in [1.29, 1.82) is 5.26 Å². The molecule has 0 N–H and O–H groups in total. The molecule has 0 aromatic carbocycles. The summed E-state index contributed by atoms with van der Waals surface area (Å²) in [7, 11) is 0. The smallest absolute Gasteiger partial charge is 0.112 e. The molecule has 1 fully saturated rings. The minimum Gasteiger partial charge on any atom is -0.197 e. The Morgan fingerprint density at radius 3 is 2.42 bits per heavy atom. The molecule has 1 atom stereocenters. The van der Waals surface area contributed by atoms with E-state index >= 15 is 0 Å². The van der Waals surface area contributed by atoms with Crippen LogP contribution in [-0.2, 0) is 0 Å². The molecule has 0 aliphatic heterocycles. The van der Waals surface area contributed by atoms with E-state index in [1.54, 1.807) is 0 Å². The van der Waals surface area contributed by atoms with Crippen molar-refractivity contribution in [3.63, 3.8) is 0 Å². The lowest BCUT2D eigenvalue weighted by Crippen LogP contribution is -2.17. The summed E-state index contributed by atoms with van der Waals surface area (Å²) in [6, 6.07) is 2.37. The van der Waals surface area contributed by atoms with Crippen LogP contribution in [0.2, 0.25) is 0 Å². The van der Waals surface area contributed by atoms with Gasteiger partial charge < -0.3 is 0 Å². The van der Waals surface area contributed by atoms with Crippen molar-refractivity contribution < 1.29 is 0 Å². The summed E-state index contributed by atoms with van der Waals surface area (Å²) in [6.07, 6.45) is 5.59. The van der Waals surface area contributed by atoms with Gasteiger partial charge in [-0.05, 0) is 31.1 Å². The van der Waals surface area contributed by atoms with E-state index in [1.807, 2.05) is 0 Å². The number of halogens is 1. The Kier molecular flexibility index (Phi) is 2.83. The van der Waals surface area contributed by atoms with Gasteiger partial charge >= 0.3 is 0 Å². The summed E-state index contributed by atoms with van der Waals surface area (Å²) in [5.41, 5.74) is 0.437. The molecule has 1 unspecified atom stereocenters. The molecule has 68 valence electrons. The van der Waals surface area contributed by atoms with Crippen molar-refractivity contribution in [1.82, 2.24) is 0 Å². The lowest BCUT2D eigenvalue weighted by Gasteiger charge is -2.22. The van der Waals surface area contributed by atoms with Crippen LogP contribution in [0.4, 0.5) is 0 Å². The molecule has 1 aliphatic carbocycles. The number of nitriles is 1. The molecule has 0 radical (unpaired) electrons. The lowest BCUT2D eigenvalue weighted by molar-refractivity contribution is 0.313. The van der Waals surface area contributed by atoms with Crippen molar-refractivity contribution in [2.75, 3.05) is 0 Å². The van der Waals surface area contributed by atoms with Crippen LogP contribution >= 0.6 is 15.9 Å². The van der Waals surface area contributed by atoms with Crippen LogP contribution in [-0.4, -0.2) is 4.32 Å². The Balaban J connectivity index is 2.63. The van der Waals surface area contributed by atoms with E-state index in [0.717, 1.165) is 19.3 Å². The van der Waals surface area contributed by atoms with E-state index in [9.17, 15) is 0 Å². The molecule has 0 aromatic rings. The van der Waals surface area contributed by atoms with Gasteiger partial charge in [0.15, 0.2) is 0 Å². The van der Waals surface area contributed by atoms with Gasteiger partial charge in [0, 0.05) is 0 Å². The highest BCUT2D eigenvalue weighted by Crippen LogP contribution is 2.41. The average Bonchev–Trinajstić information content (AvgIpc) is 2.13. The van der Waals surface area contributed by atoms with Gasteiger partial charge in [0.05, 0.1) is 6.07 Å². The molecule has 0 saturated heterocycles. The maximum Gasteiger partial charge on any atom is 0.112 e. The predicted octanol–water partition coefficient (Wildman–Crippen LogP) is 3.63. The molecule has 0 bridgehead atoms. The number of alkyl halides is 1. The van der Waals surface area contributed by atoms with Crippen LogP contribution in [0.5, 0.6) is 0 Å². The highest BCUT2D eigenvalue weighted by molar-refractivity contribution is 9.10. The molecular weight excluding hydrogens is 214 g/mol. The second kappa shape index (κ2) is 3.38. The van der Waals surface area contributed by atoms with E-state index in [2.05, 4.69) is 35.8 Å². The maximum absolute atomic E-state index is 8.95. The van der Waals surface area contributed by atoms with Gasteiger partial charge in [0.1, 0.15) is 4.32 Å². The molecule has 0 amide bonds. The Bertz CT molecular complexity index is 204. The summed E-state index contributed by atoms with van der Waals surface area (Å²) in [6.45, 7) is 4.59. The zero-order valence-electron chi connectivity index (χ0n) is 7.86. The lowest BCUT2D eigenvalue weighted by atomic mass is 9.85. The molecule has 12 heavy (non-hydrogen) atoms. The highest BCUT2D eigenvalue weighted by Gasteiger charge is 2.33. The summed E-state index contributed by atoms with van der Waals surface area (Å²) < 4.78 is -0.221. The van der Waals surface area contributed by atoms with Crippen LogP contribution < -0.4 is 0 Å². The van der Waals surface area contributed by atoms with Gasteiger partial charge in [-0.1, -0.05) is 36.2 Å². The largest absolute Gasteiger partial charge is 0.197 e. The molecule has 2 heteroatoms. The quantitative estimate of drug-likeness (QED) is 0.460. The fourth-order valence-electron chi connectivity index (χ4n) is 1.75. The minimum atomic E-state index is -0.221. The summed E-state index contributed by atoms with van der Waals surface area (Å²) in [5, 5.41) is 8.95. The second-order valence-electron chi connectivity index (χ2n) is 4.59. The third kappa shape index (κ3) is 2.48. The number of hydrogen-bond acceptors (Lipinski definition) is 1. The van der Waals surface area contributed by atoms with Gasteiger partial charge in [-0.2, -0.15) is 5.26 Å². The fraction of sp³-hybridized carbons (Fsp3) is 0.900. The van der Waals surface area contributed by atoms with Gasteiger partial charge in [0.2, 0.25) is 0 Å². The SMILES string of the molecule is CC1(C)CCCC(Br)(C#N)CC1. The third-order valence-corrected chi connectivity index (χ3v) is 3.80. The normalized spacial score (nSPS) is 35.2. The van der Waals surface area contributed by atoms with Crippen LogP contribution in [0.15, 0.2) is 0 Å². The first-order valence-electron chi connectivity index (χ1n) is 4.58. The molecule has 0 heterocycles. The molecule has 1 rings (SSSR count). The number of hydrogen-bond donors (Lipinski definition) is 0. The average molecular weight is 230 g/mol. The number of rotatable bonds is 0. The minimum absolute atomic E-state index is 0.221. The molecule has 1 aliphatic rings. The van der Waals surface area contributed by atoms with Crippen molar-refractivity contribution in [3.8, 4) is 6.07 Å². The summed E-state index contributed by atoms with van der Waals surface area (Å²) >= 11 is 3.54. The van der Waals surface area contributed by atoms with Gasteiger partial charge in [-0.3, -0.25) is 0 Å². The summed E-state index contributed by atoms with van der Waals surface area (Å²) in [4.78, 5) is 0. The third-order valence-electron chi connectivity index (χ3n) is 2.83. The Hall–Kier alpha value is -0.0300. The predicted molar refractivity (Wildman–Crippen MR) is 54.1 cm³/mol. The Morgan fingerprint density at radius 1 is 1.17 bits per heavy atom. The topological polar surface area (TPSA) is 23.8 Å². The van der Waals surface area contributed by atoms with E-state index in [4.69, 9.17) is 5.26 Å². The van der Waals surface area contributed by atoms with E-state index < -0.39 is 0 Å². The van der Waals surface area contributed by atoms with Gasteiger partial charge in [-0.15, -0.1) is 0 Å². The van der Waals surface area contributed by atoms with Crippen molar-refractivity contribution in [2.45, 2.75) is 50.3 Å². The van der Waals surface area contributed by atoms with Crippen LogP contribution in [0.3, 0.4) is 0 Å². The Labute approximate surface area is 83.3 Å². The van der Waals surface area contributed by atoms with Crippen LogP contribution in [0, 0.1) is 16.7 Å². The van der Waals surface area contributed by atoms with E-state index in [1.165, 1.54) is 12.8 Å². The standard InChI is InChI=1S/C10H16BrN/c1-9(2)4-3-5-10(11,8-12)7-6-9/h3-7H2,1-2H3. The first kappa shape index (κ1) is 10.1. The zero-order chi connectivity index (χ0) is 9.24. The molecule has 0 spiro atoms. The van der Waals surface area contributed by atoms with Crippen LogP contribution in [0.1, 0.15) is 46.0 Å². The highest BCUT2D eigenvalue weighted by atomic mass is 79.9. The van der Waals surface area contributed by atoms with Crippen LogP contribution in [0.25, 0.3) is 0 Å². The second-order valence-corrected chi connectivity index (χ2v) is 6.11. The van der Waals surface area contributed by atoms with Crippen molar-refractivity contribution >= 4 is 15.9 Å². The summed E-state index contributed by atoms with van der Waals surface area (Å²) in [5.74, 6) is 0. The van der Waals surface area contributed by atoms with Gasteiger partial charge in [-0.25, -0.2) is 0 Å². The maximum atomic E-state index is 8.95. The fourth-order valence-corrected chi connectivity index (χ4v) is 2.22. The molecule has 1 saturated carbocycles. The van der Waals surface area contributed by atoms with E-state index in [0.29, 0.717) is 5.41 Å². The van der Waals surface area contributed by atoms with Crippen molar-refractivity contribution in [2.24, 2.45) is 5.41 Å². The van der Waals surface area contributed by atoms with E-state index in [-0.39, 0.29) is 4.32 Å². The molecule has 0 aromatic heterocycles. The number of nitrogens with zero attached hydrogens (tertiary/aromatic N) is 1. The first-order chi connectivity index (χ1) is 5.47. The Morgan fingerprint density at radius 2 is 1.83 bits per heavy atom. The molecular formula is C10H16BrN. The monoisotopic (exact) mass is 229 g/mol. The molecule has 1 nitrogen and oxygen atoms in total.